The average molecular weight is 320 g/mol. The maximum absolute atomic E-state index is 13.6. The number of anilines is 1. The van der Waals surface area contributed by atoms with Crippen LogP contribution in [0.1, 0.15) is 24.8 Å². The second kappa shape index (κ2) is 5.71. The van der Waals surface area contributed by atoms with Gasteiger partial charge < -0.3 is 5.32 Å². The van der Waals surface area contributed by atoms with Gasteiger partial charge in [0.25, 0.3) is 0 Å². The monoisotopic (exact) mass is 320 g/mol. The van der Waals surface area contributed by atoms with E-state index in [0.717, 1.165) is 35.7 Å². The van der Waals surface area contributed by atoms with Crippen LogP contribution in [0.4, 0.5) is 10.1 Å². The Hall–Kier alpha value is -2.75. The molecule has 0 unspecified atom stereocenters. The number of nitrogens with one attached hydrogen (secondary N) is 1. The topological polar surface area (TPSA) is 42.0 Å². The number of rotatable bonds is 3. The van der Waals surface area contributed by atoms with Crippen LogP contribution in [0.5, 0.6) is 0 Å². The molecule has 0 aliphatic heterocycles. The number of pyridine rings is 1. The number of hydrogen-bond acceptors (Lipinski definition) is 2. The zero-order valence-electron chi connectivity index (χ0n) is 13.1. The minimum atomic E-state index is -0.631. The van der Waals surface area contributed by atoms with E-state index in [9.17, 15) is 9.18 Å². The highest BCUT2D eigenvalue weighted by Crippen LogP contribution is 2.44. The highest BCUT2D eigenvalue weighted by Gasteiger charge is 2.45. The third-order valence-electron chi connectivity index (χ3n) is 4.87. The quantitative estimate of drug-likeness (QED) is 0.775. The molecule has 0 radical (unpaired) electrons. The summed E-state index contributed by atoms with van der Waals surface area (Å²) in [6.45, 7) is 0. The summed E-state index contributed by atoms with van der Waals surface area (Å²) >= 11 is 0. The first kappa shape index (κ1) is 14.8. The van der Waals surface area contributed by atoms with E-state index in [1.54, 1.807) is 12.3 Å². The molecule has 4 rings (SSSR count). The fourth-order valence-electron chi connectivity index (χ4n) is 3.35. The first-order chi connectivity index (χ1) is 11.7. The molecular weight excluding hydrogens is 303 g/mol. The summed E-state index contributed by atoms with van der Waals surface area (Å²) in [6.07, 6.45) is 4.12. The third kappa shape index (κ3) is 2.44. The molecule has 1 heterocycles. The molecule has 0 saturated heterocycles. The van der Waals surface area contributed by atoms with E-state index in [0.29, 0.717) is 5.69 Å². The standard InChI is InChI=1S/C20H17FN2O/c21-16-7-3-6-15(12-16)20(9-4-10-20)19(24)23-17-11-14-5-1-2-8-18(14)22-13-17/h1-3,5-8,11-13H,4,9-10H2,(H,23,24). The second-order valence-electron chi connectivity index (χ2n) is 6.32. The van der Waals surface area contributed by atoms with Gasteiger partial charge in [-0.1, -0.05) is 36.8 Å². The summed E-state index contributed by atoms with van der Waals surface area (Å²) in [5.74, 6) is -0.393. The number of halogens is 1. The summed E-state index contributed by atoms with van der Waals surface area (Å²) in [5.41, 5.74) is 1.67. The van der Waals surface area contributed by atoms with Crippen LogP contribution in [-0.4, -0.2) is 10.9 Å². The number of aromatic nitrogens is 1. The van der Waals surface area contributed by atoms with Crippen LogP contribution >= 0.6 is 0 Å². The lowest BCUT2D eigenvalue weighted by molar-refractivity contribution is -0.124. The highest BCUT2D eigenvalue weighted by atomic mass is 19.1. The molecular formula is C20H17FN2O. The zero-order chi connectivity index (χ0) is 16.6. The van der Waals surface area contributed by atoms with Gasteiger partial charge in [-0.15, -0.1) is 0 Å². The van der Waals surface area contributed by atoms with Crippen molar-refractivity contribution in [2.75, 3.05) is 5.32 Å². The molecule has 3 nitrogen and oxygen atoms in total. The van der Waals surface area contributed by atoms with Gasteiger partial charge in [-0.05, 0) is 42.7 Å². The summed E-state index contributed by atoms with van der Waals surface area (Å²) in [6, 6.07) is 16.0. The molecule has 2 aromatic carbocycles. The molecule has 120 valence electrons. The van der Waals surface area contributed by atoms with Gasteiger partial charge in [0.05, 0.1) is 22.8 Å². The van der Waals surface area contributed by atoms with Gasteiger partial charge in [0.15, 0.2) is 0 Å². The van der Waals surface area contributed by atoms with Gasteiger partial charge in [0.2, 0.25) is 5.91 Å². The molecule has 1 amide bonds. The van der Waals surface area contributed by atoms with Crippen LogP contribution in [0.25, 0.3) is 10.9 Å². The van der Waals surface area contributed by atoms with Gasteiger partial charge in [-0.2, -0.15) is 0 Å². The van der Waals surface area contributed by atoms with Crippen LogP contribution in [0, 0.1) is 5.82 Å². The SMILES string of the molecule is O=C(Nc1cnc2ccccc2c1)C1(c2cccc(F)c2)CCC1. The first-order valence-corrected chi connectivity index (χ1v) is 8.10. The smallest absolute Gasteiger partial charge is 0.235 e. The van der Waals surface area contributed by atoms with Gasteiger partial charge in [0, 0.05) is 5.39 Å². The second-order valence-corrected chi connectivity index (χ2v) is 6.32. The normalized spacial score (nSPS) is 15.7. The average Bonchev–Trinajstić information content (AvgIpc) is 2.54. The van der Waals surface area contributed by atoms with Crippen LogP contribution < -0.4 is 5.32 Å². The van der Waals surface area contributed by atoms with Gasteiger partial charge >= 0.3 is 0 Å². The molecule has 1 saturated carbocycles. The van der Waals surface area contributed by atoms with Crippen molar-refractivity contribution >= 4 is 22.5 Å². The lowest BCUT2D eigenvalue weighted by Gasteiger charge is -2.40. The van der Waals surface area contributed by atoms with Gasteiger partial charge in [0.1, 0.15) is 5.82 Å². The van der Waals surface area contributed by atoms with Crippen molar-refractivity contribution in [2.24, 2.45) is 0 Å². The zero-order valence-corrected chi connectivity index (χ0v) is 13.1. The van der Waals surface area contributed by atoms with E-state index in [1.807, 2.05) is 36.4 Å². The van der Waals surface area contributed by atoms with Crippen molar-refractivity contribution in [3.8, 4) is 0 Å². The molecule has 1 aliphatic carbocycles. The van der Waals surface area contributed by atoms with E-state index in [-0.39, 0.29) is 11.7 Å². The number of nitrogens with zero attached hydrogens (tertiary/aromatic N) is 1. The minimum Gasteiger partial charge on any atom is -0.324 e. The van der Waals surface area contributed by atoms with Crippen LogP contribution in [0.2, 0.25) is 0 Å². The Bertz CT molecular complexity index is 918. The predicted molar refractivity (Wildman–Crippen MR) is 92.3 cm³/mol. The number of para-hydroxylation sites is 1. The summed E-state index contributed by atoms with van der Waals surface area (Å²) in [5, 5.41) is 3.95. The van der Waals surface area contributed by atoms with Gasteiger partial charge in [-0.3, -0.25) is 9.78 Å². The Balaban J connectivity index is 1.64. The molecule has 1 fully saturated rings. The van der Waals surface area contributed by atoms with Crippen molar-refractivity contribution in [3.63, 3.8) is 0 Å². The number of fused-ring (bicyclic) bond motifs is 1. The van der Waals surface area contributed by atoms with Crippen LogP contribution in [0.3, 0.4) is 0 Å². The van der Waals surface area contributed by atoms with Crippen molar-refractivity contribution in [3.05, 3.63) is 72.2 Å². The Morgan fingerprint density at radius 2 is 1.92 bits per heavy atom. The maximum Gasteiger partial charge on any atom is 0.235 e. The van der Waals surface area contributed by atoms with Crippen molar-refractivity contribution in [1.29, 1.82) is 0 Å². The molecule has 0 atom stereocenters. The molecule has 1 aromatic heterocycles. The summed E-state index contributed by atoms with van der Waals surface area (Å²) in [4.78, 5) is 17.3. The highest BCUT2D eigenvalue weighted by molar-refractivity contribution is 6.00. The molecule has 3 aromatic rings. The third-order valence-corrected chi connectivity index (χ3v) is 4.87. The fourth-order valence-corrected chi connectivity index (χ4v) is 3.35. The van der Waals surface area contributed by atoms with E-state index < -0.39 is 5.41 Å². The number of hydrogen-bond donors (Lipinski definition) is 1. The number of carbonyl (C=O) groups excluding carboxylic acids is 1. The Morgan fingerprint density at radius 1 is 1.08 bits per heavy atom. The first-order valence-electron chi connectivity index (χ1n) is 8.10. The lowest BCUT2D eigenvalue weighted by atomic mass is 9.63. The molecule has 0 spiro atoms. The van der Waals surface area contributed by atoms with E-state index >= 15 is 0 Å². The maximum atomic E-state index is 13.6. The lowest BCUT2D eigenvalue weighted by Crippen LogP contribution is -2.46. The Labute approximate surface area is 139 Å². The molecule has 4 heteroatoms. The summed E-state index contributed by atoms with van der Waals surface area (Å²) in [7, 11) is 0. The van der Waals surface area contributed by atoms with E-state index in [1.165, 1.54) is 12.1 Å². The fraction of sp³-hybridized carbons (Fsp3) is 0.200. The summed E-state index contributed by atoms with van der Waals surface area (Å²) < 4.78 is 13.6. The Kier molecular flexibility index (Phi) is 3.53. The van der Waals surface area contributed by atoms with Crippen molar-refractivity contribution < 1.29 is 9.18 Å². The van der Waals surface area contributed by atoms with Crippen molar-refractivity contribution in [2.45, 2.75) is 24.7 Å². The predicted octanol–water partition coefficient (Wildman–Crippen LogP) is 4.43. The Morgan fingerprint density at radius 3 is 2.67 bits per heavy atom. The number of carbonyl (C=O) groups is 1. The van der Waals surface area contributed by atoms with Crippen LogP contribution in [0.15, 0.2) is 60.8 Å². The number of amides is 1. The van der Waals surface area contributed by atoms with E-state index in [4.69, 9.17) is 0 Å². The van der Waals surface area contributed by atoms with E-state index in [2.05, 4.69) is 10.3 Å². The largest absolute Gasteiger partial charge is 0.324 e. The molecule has 0 bridgehead atoms. The number of benzene rings is 2. The molecule has 24 heavy (non-hydrogen) atoms. The minimum absolute atomic E-state index is 0.0866. The van der Waals surface area contributed by atoms with Crippen molar-refractivity contribution in [1.82, 2.24) is 4.98 Å². The molecule has 1 N–H and O–H groups in total. The molecule has 1 aliphatic rings. The van der Waals surface area contributed by atoms with Gasteiger partial charge in [-0.25, -0.2) is 4.39 Å². The van der Waals surface area contributed by atoms with Crippen LogP contribution in [-0.2, 0) is 10.2 Å².